The molecule has 4 N–H and O–H groups in total. The zero-order chi connectivity index (χ0) is 22.2. The third kappa shape index (κ3) is 4.59. The van der Waals surface area contributed by atoms with Gasteiger partial charge in [0.2, 0.25) is 5.95 Å². The number of guanidine groups is 2. The molecule has 0 saturated carbocycles. The van der Waals surface area contributed by atoms with E-state index in [-0.39, 0.29) is 27.8 Å². The van der Waals surface area contributed by atoms with E-state index in [1.807, 2.05) is 0 Å². The van der Waals surface area contributed by atoms with Crippen LogP contribution in [0.1, 0.15) is 11.4 Å². The SMILES string of the molecule is Cc1cc(C)nc(NS(=O)(=O)c2ccc(N=NC3=NC4C(=S)N=C(N)NC4=N3)cc2)n1. The lowest BCUT2D eigenvalue weighted by Gasteiger charge is -2.16. The number of nitrogens with two attached hydrogens (primary N) is 1. The molecule has 14 heteroatoms. The monoisotopic (exact) mass is 456 g/mol. The van der Waals surface area contributed by atoms with Gasteiger partial charge in [0.05, 0.1) is 10.6 Å². The van der Waals surface area contributed by atoms with E-state index < -0.39 is 16.1 Å². The van der Waals surface area contributed by atoms with Crippen LogP contribution in [0.5, 0.6) is 0 Å². The van der Waals surface area contributed by atoms with Gasteiger partial charge in [-0.05, 0) is 44.2 Å². The maximum Gasteiger partial charge on any atom is 0.267 e. The molecule has 12 nitrogen and oxygen atoms in total. The van der Waals surface area contributed by atoms with Crippen molar-refractivity contribution in [2.75, 3.05) is 4.72 Å². The number of azo groups is 1. The van der Waals surface area contributed by atoms with Gasteiger partial charge in [-0.1, -0.05) is 12.2 Å². The van der Waals surface area contributed by atoms with Crippen LogP contribution in [0.4, 0.5) is 11.6 Å². The van der Waals surface area contributed by atoms with Crippen LogP contribution in [0, 0.1) is 13.8 Å². The first-order valence-electron chi connectivity index (χ1n) is 8.88. The molecule has 158 valence electrons. The van der Waals surface area contributed by atoms with Gasteiger partial charge in [0, 0.05) is 11.4 Å². The van der Waals surface area contributed by atoms with Crippen molar-refractivity contribution in [2.45, 2.75) is 24.8 Å². The van der Waals surface area contributed by atoms with Crippen molar-refractivity contribution >= 4 is 56.6 Å². The fraction of sp³-hybridized carbons (Fsp3) is 0.176. The van der Waals surface area contributed by atoms with E-state index in [1.54, 1.807) is 19.9 Å². The Morgan fingerprint density at radius 1 is 1.10 bits per heavy atom. The zero-order valence-corrected chi connectivity index (χ0v) is 17.9. The van der Waals surface area contributed by atoms with Crippen LogP contribution >= 0.6 is 12.2 Å². The minimum atomic E-state index is -3.86. The summed E-state index contributed by atoms with van der Waals surface area (Å²) < 4.78 is 27.5. The maximum atomic E-state index is 12.6. The number of sulfonamides is 1. The van der Waals surface area contributed by atoms with Gasteiger partial charge in [-0.25, -0.2) is 33.1 Å². The second kappa shape index (κ2) is 7.88. The number of rotatable bonds is 4. The highest BCUT2D eigenvalue weighted by Gasteiger charge is 2.31. The third-order valence-corrected chi connectivity index (χ3v) is 5.71. The fourth-order valence-electron chi connectivity index (χ4n) is 2.78. The van der Waals surface area contributed by atoms with Gasteiger partial charge in [-0.2, -0.15) is 4.99 Å². The van der Waals surface area contributed by atoms with Gasteiger partial charge in [0.1, 0.15) is 10.8 Å². The molecule has 0 spiro atoms. The maximum absolute atomic E-state index is 12.6. The number of aryl methyl sites for hydroxylation is 2. The first-order valence-corrected chi connectivity index (χ1v) is 10.8. The van der Waals surface area contributed by atoms with Crippen molar-refractivity contribution in [1.82, 2.24) is 15.3 Å². The molecule has 2 aromatic rings. The van der Waals surface area contributed by atoms with Crippen LogP contribution < -0.4 is 15.8 Å². The Kier molecular flexibility index (Phi) is 5.24. The number of benzene rings is 1. The number of anilines is 1. The number of fused-ring (bicyclic) bond motifs is 1. The van der Waals surface area contributed by atoms with Crippen LogP contribution in [-0.4, -0.2) is 47.2 Å². The quantitative estimate of drug-likeness (QED) is 0.460. The van der Waals surface area contributed by atoms with E-state index in [0.717, 1.165) is 0 Å². The molecule has 0 radical (unpaired) electrons. The van der Waals surface area contributed by atoms with Crippen LogP contribution in [-0.2, 0) is 10.0 Å². The molecule has 1 aromatic heterocycles. The highest BCUT2D eigenvalue weighted by molar-refractivity contribution is 7.92. The van der Waals surface area contributed by atoms with Crippen molar-refractivity contribution in [3.05, 3.63) is 41.7 Å². The second-order valence-corrected chi connectivity index (χ2v) is 8.66. The molecule has 3 heterocycles. The fourth-order valence-corrected chi connectivity index (χ4v) is 3.98. The number of thiocarbonyl (C=S) groups is 1. The molecule has 4 rings (SSSR count). The topological polar surface area (TPSA) is 172 Å². The highest BCUT2D eigenvalue weighted by Crippen LogP contribution is 2.20. The number of nitrogens with one attached hydrogen (secondary N) is 2. The minimum absolute atomic E-state index is 0.0113. The van der Waals surface area contributed by atoms with Gasteiger partial charge in [-0.3, -0.25) is 0 Å². The summed E-state index contributed by atoms with van der Waals surface area (Å²) in [5, 5.41) is 10.8. The molecule has 2 aliphatic heterocycles. The summed E-state index contributed by atoms with van der Waals surface area (Å²) in [4.78, 5) is 20.8. The number of nitrogens with zero attached hydrogens (tertiary/aromatic N) is 7. The number of hydrogen-bond acceptors (Lipinski definition) is 11. The highest BCUT2D eigenvalue weighted by atomic mass is 32.2. The minimum Gasteiger partial charge on any atom is -0.369 e. The van der Waals surface area contributed by atoms with Gasteiger partial charge < -0.3 is 11.1 Å². The summed E-state index contributed by atoms with van der Waals surface area (Å²) in [7, 11) is -3.86. The standard InChI is InChI=1S/C17H16N10O2S2/c1-8-7-9(2)20-17(19-8)27-31(28,29)11-5-3-10(4-6-11)25-26-16-21-12-13(23-16)22-15(18)24-14(12)30/h3-7,12H,1-2H3,(H,19,20,27)(H3,18,21,22,23,24,30). The molecule has 1 atom stereocenters. The van der Waals surface area contributed by atoms with Gasteiger partial charge >= 0.3 is 0 Å². The molecule has 0 fully saturated rings. The predicted octanol–water partition coefficient (Wildman–Crippen LogP) is 1.36. The van der Waals surface area contributed by atoms with E-state index in [1.165, 1.54) is 24.3 Å². The second-order valence-electron chi connectivity index (χ2n) is 6.56. The Morgan fingerprint density at radius 3 is 2.45 bits per heavy atom. The Labute approximate surface area is 182 Å². The summed E-state index contributed by atoms with van der Waals surface area (Å²) in [6.45, 7) is 3.51. The van der Waals surface area contributed by atoms with E-state index in [0.29, 0.717) is 22.9 Å². The first-order chi connectivity index (χ1) is 14.7. The van der Waals surface area contributed by atoms with Crippen LogP contribution in [0.3, 0.4) is 0 Å². The van der Waals surface area contributed by atoms with E-state index >= 15 is 0 Å². The number of aliphatic imine (C=N–C) groups is 3. The number of amidine groups is 1. The first kappa shape index (κ1) is 20.6. The van der Waals surface area contributed by atoms with Gasteiger partial charge in [-0.15, -0.1) is 10.2 Å². The van der Waals surface area contributed by atoms with Crippen LogP contribution in [0.15, 0.2) is 60.4 Å². The van der Waals surface area contributed by atoms with Crippen molar-refractivity contribution in [1.29, 1.82) is 0 Å². The zero-order valence-electron chi connectivity index (χ0n) is 16.3. The van der Waals surface area contributed by atoms with E-state index in [9.17, 15) is 8.42 Å². The molecule has 0 bridgehead atoms. The van der Waals surface area contributed by atoms with Crippen molar-refractivity contribution < 1.29 is 8.42 Å². The molecule has 1 unspecified atom stereocenters. The van der Waals surface area contributed by atoms with E-state index in [2.05, 4.69) is 45.2 Å². The lowest BCUT2D eigenvalue weighted by Crippen LogP contribution is -2.48. The smallest absolute Gasteiger partial charge is 0.267 e. The lowest BCUT2D eigenvalue weighted by atomic mass is 10.2. The lowest BCUT2D eigenvalue weighted by molar-refractivity contribution is 0.601. The Bertz CT molecular complexity index is 1280. The van der Waals surface area contributed by atoms with Crippen molar-refractivity contribution in [3.8, 4) is 0 Å². The molecule has 0 saturated heterocycles. The Balaban J connectivity index is 1.47. The summed E-state index contributed by atoms with van der Waals surface area (Å²) in [5.41, 5.74) is 7.33. The Morgan fingerprint density at radius 2 is 1.77 bits per heavy atom. The van der Waals surface area contributed by atoms with Gasteiger partial charge in [0.25, 0.3) is 16.0 Å². The Hall–Kier alpha value is -3.65. The largest absolute Gasteiger partial charge is 0.369 e. The molecule has 1 aromatic carbocycles. The predicted molar refractivity (Wildman–Crippen MR) is 119 cm³/mol. The van der Waals surface area contributed by atoms with Crippen molar-refractivity contribution in [2.24, 2.45) is 30.9 Å². The molecular weight excluding hydrogens is 440 g/mol. The van der Waals surface area contributed by atoms with Gasteiger partial charge in [0.15, 0.2) is 12.0 Å². The molecule has 31 heavy (non-hydrogen) atoms. The summed E-state index contributed by atoms with van der Waals surface area (Å²) in [5.74, 6) is 0.694. The molecule has 0 amide bonds. The molecular formula is C17H16N10O2S2. The summed E-state index contributed by atoms with van der Waals surface area (Å²) in [6.07, 6.45) is 0. The summed E-state index contributed by atoms with van der Waals surface area (Å²) in [6, 6.07) is 7.00. The van der Waals surface area contributed by atoms with Crippen molar-refractivity contribution in [3.63, 3.8) is 0 Å². The van der Waals surface area contributed by atoms with E-state index in [4.69, 9.17) is 18.0 Å². The summed E-state index contributed by atoms with van der Waals surface area (Å²) >= 11 is 5.12. The average molecular weight is 457 g/mol. The van der Waals surface area contributed by atoms with Crippen LogP contribution in [0.2, 0.25) is 0 Å². The molecule has 2 aliphatic rings. The number of aromatic nitrogens is 2. The number of hydrogen-bond donors (Lipinski definition) is 3. The molecule has 0 aliphatic carbocycles. The third-order valence-electron chi connectivity index (χ3n) is 4.05. The average Bonchev–Trinajstić information content (AvgIpc) is 3.09. The normalized spacial score (nSPS) is 18.2. The van der Waals surface area contributed by atoms with Crippen LogP contribution in [0.25, 0.3) is 0 Å².